The molecule has 0 spiro atoms. The number of hydrogen-bond acceptors (Lipinski definition) is 1. The zero-order valence-electron chi connectivity index (χ0n) is 12.0. The van der Waals surface area contributed by atoms with E-state index in [1.54, 1.807) is 24.3 Å². The van der Waals surface area contributed by atoms with Crippen molar-refractivity contribution in [2.24, 2.45) is 11.3 Å². The highest BCUT2D eigenvalue weighted by molar-refractivity contribution is 5.19. The molecule has 1 fully saturated rings. The van der Waals surface area contributed by atoms with E-state index in [0.29, 0.717) is 18.0 Å². The van der Waals surface area contributed by atoms with Crippen molar-refractivity contribution < 1.29 is 13.2 Å². The van der Waals surface area contributed by atoms with Crippen LogP contribution in [0.1, 0.15) is 44.7 Å². The lowest BCUT2D eigenvalue weighted by molar-refractivity contribution is -0.140. The van der Waals surface area contributed by atoms with E-state index in [0.717, 1.165) is 12.8 Å². The first-order chi connectivity index (χ1) is 9.32. The quantitative estimate of drug-likeness (QED) is 0.798. The summed E-state index contributed by atoms with van der Waals surface area (Å²) < 4.78 is 38.2. The number of benzene rings is 1. The van der Waals surface area contributed by atoms with E-state index >= 15 is 0 Å². The van der Waals surface area contributed by atoms with Gasteiger partial charge in [-0.05, 0) is 29.7 Å². The number of hydrogen-bond donors (Lipinski definition) is 1. The summed E-state index contributed by atoms with van der Waals surface area (Å²) in [7, 11) is 0. The Hall–Kier alpha value is -1.03. The van der Waals surface area contributed by atoms with Crippen LogP contribution in [0.3, 0.4) is 0 Å². The molecule has 1 aromatic carbocycles. The molecule has 0 amide bonds. The van der Waals surface area contributed by atoms with Crippen molar-refractivity contribution in [2.45, 2.75) is 45.3 Å². The highest BCUT2D eigenvalue weighted by atomic mass is 19.4. The molecule has 1 unspecified atom stereocenters. The maximum atomic E-state index is 12.7. The molecule has 0 heterocycles. The smallest absolute Gasteiger partial charge is 0.309 e. The van der Waals surface area contributed by atoms with Crippen LogP contribution in [-0.2, 0) is 0 Å². The molecule has 0 aromatic heterocycles. The third-order valence-corrected chi connectivity index (χ3v) is 4.46. The van der Waals surface area contributed by atoms with Crippen LogP contribution < -0.4 is 5.32 Å². The van der Waals surface area contributed by atoms with E-state index in [2.05, 4.69) is 19.2 Å². The van der Waals surface area contributed by atoms with Crippen LogP contribution in [0.15, 0.2) is 30.3 Å². The average molecular weight is 285 g/mol. The third-order valence-electron chi connectivity index (χ3n) is 4.46. The van der Waals surface area contributed by atoms with Crippen molar-refractivity contribution in [3.8, 4) is 0 Å². The Bertz CT molecular complexity index is 421. The molecular weight excluding hydrogens is 263 g/mol. The fourth-order valence-corrected chi connectivity index (χ4v) is 2.67. The van der Waals surface area contributed by atoms with Gasteiger partial charge >= 0.3 is 6.18 Å². The van der Waals surface area contributed by atoms with E-state index in [-0.39, 0.29) is 5.41 Å². The van der Waals surface area contributed by atoms with E-state index in [1.165, 1.54) is 0 Å². The second kappa shape index (κ2) is 5.76. The van der Waals surface area contributed by atoms with Crippen LogP contribution in [-0.4, -0.2) is 12.7 Å². The minimum absolute atomic E-state index is 0.207. The molecule has 1 atom stereocenters. The molecule has 1 aliphatic carbocycles. The van der Waals surface area contributed by atoms with Gasteiger partial charge < -0.3 is 5.32 Å². The van der Waals surface area contributed by atoms with Gasteiger partial charge in [0.1, 0.15) is 0 Å². The zero-order valence-corrected chi connectivity index (χ0v) is 12.0. The average Bonchev–Trinajstić information content (AvgIpc) is 3.15. The van der Waals surface area contributed by atoms with Gasteiger partial charge in [-0.15, -0.1) is 0 Å². The Morgan fingerprint density at radius 3 is 2.20 bits per heavy atom. The summed E-state index contributed by atoms with van der Waals surface area (Å²) in [6.45, 7) is 4.96. The lowest BCUT2D eigenvalue weighted by atomic mass is 9.91. The highest BCUT2D eigenvalue weighted by Crippen LogP contribution is 2.51. The van der Waals surface area contributed by atoms with Crippen molar-refractivity contribution in [1.82, 2.24) is 5.32 Å². The molecule has 2 rings (SSSR count). The maximum Gasteiger partial charge on any atom is 0.390 e. The van der Waals surface area contributed by atoms with Gasteiger partial charge in [0.2, 0.25) is 0 Å². The van der Waals surface area contributed by atoms with Crippen molar-refractivity contribution in [1.29, 1.82) is 0 Å². The molecule has 0 bridgehead atoms. The minimum atomic E-state index is -4.15. The molecule has 0 aliphatic heterocycles. The fourth-order valence-electron chi connectivity index (χ4n) is 2.67. The summed E-state index contributed by atoms with van der Waals surface area (Å²) in [4.78, 5) is 0. The van der Waals surface area contributed by atoms with Gasteiger partial charge in [-0.3, -0.25) is 0 Å². The Morgan fingerprint density at radius 2 is 1.75 bits per heavy atom. The molecule has 1 nitrogen and oxygen atoms in total. The summed E-state index contributed by atoms with van der Waals surface area (Å²) >= 11 is 0. The Morgan fingerprint density at radius 1 is 1.15 bits per heavy atom. The monoisotopic (exact) mass is 285 g/mol. The van der Waals surface area contributed by atoms with Crippen molar-refractivity contribution in [3.05, 3.63) is 35.9 Å². The van der Waals surface area contributed by atoms with Gasteiger partial charge in [-0.25, -0.2) is 0 Å². The topological polar surface area (TPSA) is 12.0 Å². The van der Waals surface area contributed by atoms with E-state index in [9.17, 15) is 13.2 Å². The Kier molecular flexibility index (Phi) is 4.43. The molecule has 0 radical (unpaired) electrons. The summed E-state index contributed by atoms with van der Waals surface area (Å²) in [5.74, 6) is 0.511. The largest absolute Gasteiger partial charge is 0.390 e. The number of nitrogens with one attached hydrogen (secondary N) is 1. The predicted octanol–water partition coefficient (Wildman–Crippen LogP) is 4.71. The van der Waals surface area contributed by atoms with Crippen LogP contribution in [0.2, 0.25) is 0 Å². The zero-order chi connectivity index (χ0) is 14.8. The van der Waals surface area contributed by atoms with Gasteiger partial charge in [-0.2, -0.15) is 13.2 Å². The van der Waals surface area contributed by atoms with Crippen LogP contribution in [0.4, 0.5) is 13.2 Å². The summed E-state index contributed by atoms with van der Waals surface area (Å²) in [6.07, 6.45) is -2.73. The van der Waals surface area contributed by atoms with E-state index in [1.807, 2.05) is 6.07 Å². The molecule has 20 heavy (non-hydrogen) atoms. The van der Waals surface area contributed by atoms with Gasteiger partial charge in [0.15, 0.2) is 0 Å². The van der Waals surface area contributed by atoms with E-state index < -0.39 is 18.6 Å². The second-order valence-corrected chi connectivity index (χ2v) is 6.18. The summed E-state index contributed by atoms with van der Waals surface area (Å²) in [6, 6.07) is 8.28. The Labute approximate surface area is 118 Å². The molecular formula is C16H22F3N. The molecule has 4 heteroatoms. The van der Waals surface area contributed by atoms with Crippen LogP contribution in [0, 0.1) is 11.3 Å². The van der Waals surface area contributed by atoms with Crippen LogP contribution in [0.5, 0.6) is 0 Å². The van der Waals surface area contributed by atoms with Gasteiger partial charge in [0.05, 0.1) is 6.42 Å². The molecule has 1 N–H and O–H groups in total. The Balaban J connectivity index is 2.04. The number of halogens is 3. The van der Waals surface area contributed by atoms with Crippen molar-refractivity contribution >= 4 is 0 Å². The number of alkyl halides is 3. The fraction of sp³-hybridized carbons (Fsp3) is 0.625. The molecule has 1 aliphatic rings. The predicted molar refractivity (Wildman–Crippen MR) is 74.4 cm³/mol. The summed E-state index contributed by atoms with van der Waals surface area (Å²) in [5.41, 5.74) is 0.919. The van der Waals surface area contributed by atoms with Crippen LogP contribution >= 0.6 is 0 Å². The normalized spacial score (nSPS) is 19.1. The summed E-state index contributed by atoms with van der Waals surface area (Å²) in [5, 5.41) is 3.16. The molecule has 0 saturated heterocycles. The standard InChI is InChI=1S/C16H22F3N/c1-12(2)15(8-9-15)11-20-14(10-16(17,18)19)13-6-4-3-5-7-13/h3-7,12,14,20H,8-11H2,1-2H3. The third kappa shape index (κ3) is 3.98. The first-order valence-corrected chi connectivity index (χ1v) is 7.17. The lowest BCUT2D eigenvalue weighted by Gasteiger charge is -2.26. The molecule has 1 saturated carbocycles. The maximum absolute atomic E-state index is 12.7. The second-order valence-electron chi connectivity index (χ2n) is 6.18. The van der Waals surface area contributed by atoms with E-state index in [4.69, 9.17) is 0 Å². The first kappa shape index (κ1) is 15.4. The van der Waals surface area contributed by atoms with Crippen molar-refractivity contribution in [2.75, 3.05) is 6.54 Å². The lowest BCUT2D eigenvalue weighted by Crippen LogP contribution is -2.33. The van der Waals surface area contributed by atoms with Gasteiger partial charge in [0, 0.05) is 12.6 Å². The highest BCUT2D eigenvalue weighted by Gasteiger charge is 2.45. The first-order valence-electron chi connectivity index (χ1n) is 7.17. The molecule has 112 valence electrons. The van der Waals surface area contributed by atoms with Crippen molar-refractivity contribution in [3.63, 3.8) is 0 Å². The minimum Gasteiger partial charge on any atom is -0.309 e. The number of rotatable bonds is 6. The molecule has 1 aromatic rings. The van der Waals surface area contributed by atoms with Gasteiger partial charge in [-0.1, -0.05) is 44.2 Å². The SMILES string of the molecule is CC(C)C1(CNC(CC(F)(F)F)c2ccccc2)CC1. The van der Waals surface area contributed by atoms with Gasteiger partial charge in [0.25, 0.3) is 0 Å². The van der Waals surface area contributed by atoms with Crippen LogP contribution in [0.25, 0.3) is 0 Å².